The lowest BCUT2D eigenvalue weighted by Crippen LogP contribution is -2.35. The highest BCUT2D eigenvalue weighted by Crippen LogP contribution is 2.66. The lowest BCUT2D eigenvalue weighted by atomic mass is 9.62. The quantitative estimate of drug-likeness (QED) is 0.167. The standard InChI is InChI=1S/C65H47N/c1-63(2)51-30-14-9-25-45(51)48-40-39-44(41-58(48)63)66(59-37-19-35-56-61(59)49-28-12-17-33-54(49)64(56,42-21-5-3-6-22-42)43-23-7-4-8-24-43)60-38-20-36-57-62(60)50-29-13-18-34-55(50)65(57)52-31-15-10-26-46(52)47-27-11-16-32-53(47)65/h3-23,25-41,43H,24H2,1-2H3. The highest BCUT2D eigenvalue weighted by molar-refractivity contribution is 6.04. The van der Waals surface area contributed by atoms with Gasteiger partial charge in [-0.1, -0.05) is 220 Å². The summed E-state index contributed by atoms with van der Waals surface area (Å²) in [6, 6.07) is 78.8. The molecule has 1 nitrogen and oxygen atoms in total. The smallest absolute Gasteiger partial charge is 0.0726 e. The zero-order chi connectivity index (χ0) is 43.8. The molecular formula is C65H47N. The Balaban J connectivity index is 1.10. The number of allylic oxidation sites excluding steroid dienone is 4. The fourth-order valence-corrected chi connectivity index (χ4v) is 13.6. The van der Waals surface area contributed by atoms with Gasteiger partial charge in [0.1, 0.15) is 0 Å². The van der Waals surface area contributed by atoms with E-state index in [-0.39, 0.29) is 11.3 Å². The zero-order valence-corrected chi connectivity index (χ0v) is 37.2. The van der Waals surface area contributed by atoms with Crippen LogP contribution in [0.5, 0.6) is 0 Å². The summed E-state index contributed by atoms with van der Waals surface area (Å²) in [5.74, 6) is 0.227. The van der Waals surface area contributed by atoms with Crippen LogP contribution >= 0.6 is 0 Å². The monoisotopic (exact) mass is 841 g/mol. The lowest BCUT2D eigenvalue weighted by molar-refractivity contribution is 0.457. The highest BCUT2D eigenvalue weighted by Gasteiger charge is 2.54. The van der Waals surface area contributed by atoms with E-state index in [0.717, 1.165) is 12.1 Å². The third-order valence-electron chi connectivity index (χ3n) is 16.2. The van der Waals surface area contributed by atoms with Crippen LogP contribution in [0.1, 0.15) is 70.3 Å². The molecule has 0 heterocycles. The summed E-state index contributed by atoms with van der Waals surface area (Å²) in [7, 11) is 0. The predicted octanol–water partition coefficient (Wildman–Crippen LogP) is 16.3. The molecule has 312 valence electrons. The molecule has 0 amide bonds. The van der Waals surface area contributed by atoms with Gasteiger partial charge in [-0.2, -0.15) is 0 Å². The Hall–Kier alpha value is -7.74. The van der Waals surface area contributed by atoms with Gasteiger partial charge in [0.15, 0.2) is 0 Å². The van der Waals surface area contributed by atoms with E-state index in [4.69, 9.17) is 0 Å². The van der Waals surface area contributed by atoms with Gasteiger partial charge < -0.3 is 4.90 Å². The van der Waals surface area contributed by atoms with E-state index in [2.05, 4.69) is 249 Å². The van der Waals surface area contributed by atoms with Crippen LogP contribution in [-0.2, 0) is 16.2 Å². The molecule has 0 aliphatic heterocycles. The van der Waals surface area contributed by atoms with Crippen LogP contribution in [0, 0.1) is 5.92 Å². The maximum absolute atomic E-state index is 2.65. The Morgan fingerprint density at radius 2 is 0.879 bits per heavy atom. The molecule has 5 aliphatic carbocycles. The molecule has 0 saturated heterocycles. The molecule has 1 spiro atoms. The van der Waals surface area contributed by atoms with Crippen molar-refractivity contribution in [3.8, 4) is 44.5 Å². The number of anilines is 3. The maximum atomic E-state index is 2.65. The van der Waals surface area contributed by atoms with E-state index in [9.17, 15) is 0 Å². The molecule has 5 aliphatic rings. The van der Waals surface area contributed by atoms with Crippen molar-refractivity contribution in [1.82, 2.24) is 0 Å². The highest BCUT2D eigenvalue weighted by atomic mass is 15.1. The Morgan fingerprint density at radius 1 is 0.394 bits per heavy atom. The topological polar surface area (TPSA) is 3.24 Å². The van der Waals surface area contributed by atoms with Gasteiger partial charge in [0, 0.05) is 22.2 Å². The van der Waals surface area contributed by atoms with Crippen LogP contribution in [0.2, 0.25) is 0 Å². The molecule has 0 bridgehead atoms. The van der Waals surface area contributed by atoms with Gasteiger partial charge in [-0.15, -0.1) is 0 Å². The number of fused-ring (bicyclic) bond motifs is 16. The average Bonchev–Trinajstić information content (AvgIpc) is 4.04. The van der Waals surface area contributed by atoms with Crippen molar-refractivity contribution in [3.05, 3.63) is 281 Å². The first-order valence-corrected chi connectivity index (χ1v) is 23.6. The molecule has 9 aromatic carbocycles. The van der Waals surface area contributed by atoms with Crippen molar-refractivity contribution in [2.24, 2.45) is 5.92 Å². The van der Waals surface area contributed by atoms with Crippen molar-refractivity contribution < 1.29 is 0 Å². The number of hydrogen-bond acceptors (Lipinski definition) is 1. The summed E-state index contributed by atoms with van der Waals surface area (Å²) in [6.07, 6.45) is 10.3. The second-order valence-corrected chi connectivity index (χ2v) is 19.4. The summed E-state index contributed by atoms with van der Waals surface area (Å²) >= 11 is 0. The van der Waals surface area contributed by atoms with Gasteiger partial charge in [0.05, 0.1) is 22.2 Å². The number of benzene rings is 9. The van der Waals surface area contributed by atoms with Crippen LogP contribution < -0.4 is 4.90 Å². The summed E-state index contributed by atoms with van der Waals surface area (Å²) in [5, 5.41) is 0. The van der Waals surface area contributed by atoms with E-state index in [0.29, 0.717) is 0 Å². The number of hydrogen-bond donors (Lipinski definition) is 0. The Bertz CT molecular complexity index is 3520. The van der Waals surface area contributed by atoms with Crippen LogP contribution in [0.3, 0.4) is 0 Å². The van der Waals surface area contributed by atoms with Gasteiger partial charge in [-0.3, -0.25) is 0 Å². The molecule has 0 saturated carbocycles. The fourth-order valence-electron chi connectivity index (χ4n) is 13.6. The Morgan fingerprint density at radius 3 is 1.52 bits per heavy atom. The lowest BCUT2D eigenvalue weighted by Gasteiger charge is -2.40. The third kappa shape index (κ3) is 4.65. The molecule has 0 N–H and O–H groups in total. The van der Waals surface area contributed by atoms with E-state index < -0.39 is 10.8 Å². The van der Waals surface area contributed by atoms with E-state index >= 15 is 0 Å². The van der Waals surface area contributed by atoms with Gasteiger partial charge in [-0.05, 0) is 120 Å². The largest absolute Gasteiger partial charge is 0.309 e. The molecule has 0 radical (unpaired) electrons. The Labute approximate surface area is 387 Å². The van der Waals surface area contributed by atoms with Crippen molar-refractivity contribution in [2.45, 2.75) is 36.5 Å². The van der Waals surface area contributed by atoms with Gasteiger partial charge in [0.25, 0.3) is 0 Å². The van der Waals surface area contributed by atoms with Crippen LogP contribution in [-0.4, -0.2) is 0 Å². The minimum atomic E-state index is -0.461. The fraction of sp³-hybridized carbons (Fsp3) is 0.108. The van der Waals surface area contributed by atoms with Crippen molar-refractivity contribution in [1.29, 1.82) is 0 Å². The van der Waals surface area contributed by atoms with Crippen LogP contribution in [0.25, 0.3) is 44.5 Å². The van der Waals surface area contributed by atoms with Gasteiger partial charge >= 0.3 is 0 Å². The average molecular weight is 842 g/mol. The molecule has 0 aromatic heterocycles. The molecule has 2 atom stereocenters. The first-order chi connectivity index (χ1) is 32.5. The second kappa shape index (κ2) is 13.6. The van der Waals surface area contributed by atoms with Gasteiger partial charge in [-0.25, -0.2) is 0 Å². The molecular weight excluding hydrogens is 795 g/mol. The molecule has 2 unspecified atom stereocenters. The van der Waals surface area contributed by atoms with Crippen LogP contribution in [0.4, 0.5) is 17.1 Å². The molecule has 14 rings (SSSR count). The SMILES string of the molecule is CC1(C)c2ccccc2-c2ccc(N(c3cccc4c3-c3ccccc3C43c4ccccc4-c4ccccc43)c3cccc4c3-c3ccccc3C4(c3ccccc3)C3C=CC=CC3)cc21. The zero-order valence-electron chi connectivity index (χ0n) is 37.2. The minimum absolute atomic E-state index is 0.172. The van der Waals surface area contributed by atoms with Crippen molar-refractivity contribution >= 4 is 17.1 Å². The van der Waals surface area contributed by atoms with E-state index in [1.165, 1.54) is 106 Å². The predicted molar refractivity (Wildman–Crippen MR) is 273 cm³/mol. The van der Waals surface area contributed by atoms with Crippen LogP contribution in [0.15, 0.2) is 231 Å². The number of rotatable bonds is 5. The molecule has 0 fully saturated rings. The van der Waals surface area contributed by atoms with E-state index in [1.807, 2.05) is 0 Å². The summed E-state index contributed by atoms with van der Waals surface area (Å²) < 4.78 is 0. The number of nitrogens with zero attached hydrogens (tertiary/aromatic N) is 1. The van der Waals surface area contributed by atoms with Crippen molar-refractivity contribution in [2.75, 3.05) is 4.90 Å². The van der Waals surface area contributed by atoms with Crippen molar-refractivity contribution in [3.63, 3.8) is 0 Å². The third-order valence-corrected chi connectivity index (χ3v) is 16.2. The normalized spacial score (nSPS) is 18.7. The summed E-state index contributed by atoms with van der Waals surface area (Å²) in [4.78, 5) is 2.65. The molecule has 66 heavy (non-hydrogen) atoms. The van der Waals surface area contributed by atoms with E-state index in [1.54, 1.807) is 0 Å². The second-order valence-electron chi connectivity index (χ2n) is 19.4. The summed E-state index contributed by atoms with van der Waals surface area (Å²) in [5.41, 5.74) is 25.2. The molecule has 9 aromatic rings. The first-order valence-electron chi connectivity index (χ1n) is 23.6. The Kier molecular flexibility index (Phi) is 7.78. The maximum Gasteiger partial charge on any atom is 0.0726 e. The molecule has 1 heteroatoms. The van der Waals surface area contributed by atoms with Gasteiger partial charge in [0.2, 0.25) is 0 Å². The minimum Gasteiger partial charge on any atom is -0.309 e. The first kappa shape index (κ1) is 37.6. The summed E-state index contributed by atoms with van der Waals surface area (Å²) in [6.45, 7) is 4.80.